The molecule has 1 aliphatic carbocycles. The Balaban J connectivity index is 2.03. The van der Waals surface area contributed by atoms with Crippen LogP contribution in [0.3, 0.4) is 0 Å². The highest BCUT2D eigenvalue weighted by molar-refractivity contribution is 5.80. The van der Waals surface area contributed by atoms with E-state index in [4.69, 9.17) is 0 Å². The van der Waals surface area contributed by atoms with Gasteiger partial charge in [-0.2, -0.15) is 0 Å². The van der Waals surface area contributed by atoms with Crippen LogP contribution in [-0.2, 0) is 10.2 Å². The number of carbonyl (C=O) groups is 1. The lowest BCUT2D eigenvalue weighted by Gasteiger charge is -2.31. The second-order valence-corrected chi connectivity index (χ2v) is 5.72. The average Bonchev–Trinajstić information content (AvgIpc) is 3.12. The highest BCUT2D eigenvalue weighted by Gasteiger charge is 2.34. The van der Waals surface area contributed by atoms with Gasteiger partial charge in [0.05, 0.1) is 0 Å². The van der Waals surface area contributed by atoms with Crippen molar-refractivity contribution < 1.29 is 4.79 Å². The lowest BCUT2D eigenvalue weighted by atomic mass is 9.84. The third kappa shape index (κ3) is 2.87. The van der Waals surface area contributed by atoms with E-state index < -0.39 is 0 Å². The third-order valence-electron chi connectivity index (χ3n) is 3.49. The summed E-state index contributed by atoms with van der Waals surface area (Å²) in [6.07, 6.45) is 2.16. The molecule has 1 aromatic carbocycles. The van der Waals surface area contributed by atoms with Crippen LogP contribution in [0.2, 0.25) is 0 Å². The van der Waals surface area contributed by atoms with Crippen molar-refractivity contribution in [2.24, 2.45) is 5.92 Å². The summed E-state index contributed by atoms with van der Waals surface area (Å²) >= 11 is 0. The fourth-order valence-corrected chi connectivity index (χ4v) is 2.29. The minimum Gasteiger partial charge on any atom is -0.345 e. The van der Waals surface area contributed by atoms with Crippen LogP contribution in [0, 0.1) is 5.92 Å². The highest BCUT2D eigenvalue weighted by atomic mass is 16.2. The number of benzene rings is 1. The molecule has 0 aliphatic heterocycles. The van der Waals surface area contributed by atoms with Crippen LogP contribution < -0.4 is 0 Å². The molecule has 17 heavy (non-hydrogen) atoms. The molecule has 2 rings (SSSR count). The average molecular weight is 231 g/mol. The number of hydrogen-bond acceptors (Lipinski definition) is 1. The van der Waals surface area contributed by atoms with Gasteiger partial charge in [0.15, 0.2) is 0 Å². The summed E-state index contributed by atoms with van der Waals surface area (Å²) in [6.45, 7) is 5.17. The third-order valence-corrected chi connectivity index (χ3v) is 3.49. The van der Waals surface area contributed by atoms with Crippen LogP contribution >= 0.6 is 0 Å². The largest absolute Gasteiger partial charge is 0.345 e. The first kappa shape index (κ1) is 12.2. The van der Waals surface area contributed by atoms with E-state index in [1.165, 1.54) is 5.56 Å². The van der Waals surface area contributed by atoms with Gasteiger partial charge in [-0.05, 0) is 18.4 Å². The molecule has 1 amide bonds. The number of nitrogens with zero attached hydrogens (tertiary/aromatic N) is 1. The van der Waals surface area contributed by atoms with Crippen molar-refractivity contribution >= 4 is 5.91 Å². The Morgan fingerprint density at radius 3 is 2.41 bits per heavy atom. The van der Waals surface area contributed by atoms with Crippen LogP contribution in [0.15, 0.2) is 30.3 Å². The lowest BCUT2D eigenvalue weighted by Crippen LogP contribution is -2.39. The van der Waals surface area contributed by atoms with Crippen LogP contribution in [0.1, 0.15) is 32.3 Å². The molecule has 0 unspecified atom stereocenters. The molecule has 0 heterocycles. The van der Waals surface area contributed by atoms with Gasteiger partial charge in [-0.25, -0.2) is 0 Å². The summed E-state index contributed by atoms with van der Waals surface area (Å²) < 4.78 is 0. The van der Waals surface area contributed by atoms with Gasteiger partial charge in [-0.1, -0.05) is 44.2 Å². The van der Waals surface area contributed by atoms with Crippen LogP contribution in [0.4, 0.5) is 0 Å². The molecule has 1 aliphatic rings. The second kappa shape index (κ2) is 4.52. The molecule has 0 N–H and O–H groups in total. The van der Waals surface area contributed by atoms with E-state index in [0.29, 0.717) is 11.8 Å². The minimum absolute atomic E-state index is 0.0144. The fraction of sp³-hybridized carbons (Fsp3) is 0.533. The van der Waals surface area contributed by atoms with Crippen molar-refractivity contribution in [2.45, 2.75) is 32.1 Å². The van der Waals surface area contributed by atoms with E-state index in [-0.39, 0.29) is 5.41 Å². The topological polar surface area (TPSA) is 20.3 Å². The van der Waals surface area contributed by atoms with Crippen LogP contribution in [0.25, 0.3) is 0 Å². The first-order chi connectivity index (χ1) is 8.00. The number of likely N-dealkylation sites (N-methyl/N-ethyl adjacent to an activating group) is 1. The van der Waals surface area contributed by atoms with E-state index in [2.05, 4.69) is 38.1 Å². The van der Waals surface area contributed by atoms with E-state index in [1.807, 2.05) is 18.0 Å². The molecular formula is C15H21NO. The molecular weight excluding hydrogens is 210 g/mol. The molecule has 2 nitrogen and oxygen atoms in total. The van der Waals surface area contributed by atoms with E-state index >= 15 is 0 Å². The van der Waals surface area contributed by atoms with Gasteiger partial charge in [0, 0.05) is 24.9 Å². The molecule has 0 bridgehead atoms. The Bertz CT molecular complexity index is 393. The summed E-state index contributed by atoms with van der Waals surface area (Å²) in [7, 11) is 1.92. The number of amides is 1. The van der Waals surface area contributed by atoms with Crippen molar-refractivity contribution in [1.29, 1.82) is 0 Å². The Kier molecular flexibility index (Phi) is 3.23. The zero-order valence-corrected chi connectivity index (χ0v) is 10.9. The van der Waals surface area contributed by atoms with Crippen molar-refractivity contribution in [1.82, 2.24) is 4.90 Å². The summed E-state index contributed by atoms with van der Waals surface area (Å²) in [6, 6.07) is 10.4. The van der Waals surface area contributed by atoms with Gasteiger partial charge in [-0.3, -0.25) is 4.79 Å². The Morgan fingerprint density at radius 1 is 1.29 bits per heavy atom. The predicted molar refractivity (Wildman–Crippen MR) is 69.8 cm³/mol. The summed E-state index contributed by atoms with van der Waals surface area (Å²) in [5.41, 5.74) is 1.30. The molecule has 0 aromatic heterocycles. The lowest BCUT2D eigenvalue weighted by molar-refractivity contribution is -0.131. The fourth-order valence-electron chi connectivity index (χ4n) is 2.29. The number of hydrogen-bond donors (Lipinski definition) is 0. The quantitative estimate of drug-likeness (QED) is 0.780. The number of rotatable bonds is 4. The van der Waals surface area contributed by atoms with Crippen molar-refractivity contribution in [3.05, 3.63) is 35.9 Å². The number of carbonyl (C=O) groups excluding carboxylic acids is 1. The maximum Gasteiger partial charge on any atom is 0.225 e. The normalized spacial score (nSPS) is 15.7. The Labute approximate surface area is 104 Å². The molecule has 0 spiro atoms. The van der Waals surface area contributed by atoms with Crippen LogP contribution in [-0.4, -0.2) is 24.4 Å². The molecule has 0 atom stereocenters. The molecule has 1 saturated carbocycles. The van der Waals surface area contributed by atoms with Gasteiger partial charge in [-0.15, -0.1) is 0 Å². The monoisotopic (exact) mass is 231 g/mol. The maximum atomic E-state index is 11.9. The molecule has 92 valence electrons. The Morgan fingerprint density at radius 2 is 1.88 bits per heavy atom. The minimum atomic E-state index is 0.0144. The summed E-state index contributed by atoms with van der Waals surface area (Å²) in [5.74, 6) is 0.626. The van der Waals surface area contributed by atoms with Crippen LogP contribution in [0.5, 0.6) is 0 Å². The predicted octanol–water partition coefficient (Wildman–Crippen LogP) is 2.83. The summed E-state index contributed by atoms with van der Waals surface area (Å²) in [5, 5.41) is 0. The van der Waals surface area contributed by atoms with E-state index in [9.17, 15) is 4.79 Å². The van der Waals surface area contributed by atoms with Gasteiger partial charge in [0.2, 0.25) is 5.91 Å². The standard InChI is InChI=1S/C15H21NO/c1-15(2,13-7-5-4-6-8-13)11-16(3)14(17)12-9-10-12/h4-8,12H,9-11H2,1-3H3. The second-order valence-electron chi connectivity index (χ2n) is 5.72. The van der Waals surface area contributed by atoms with Crippen molar-refractivity contribution in [2.75, 3.05) is 13.6 Å². The molecule has 0 radical (unpaired) electrons. The first-order valence-corrected chi connectivity index (χ1v) is 6.31. The van der Waals surface area contributed by atoms with Gasteiger partial charge >= 0.3 is 0 Å². The molecule has 0 saturated heterocycles. The highest BCUT2D eigenvalue weighted by Crippen LogP contribution is 2.32. The molecule has 2 heteroatoms. The van der Waals surface area contributed by atoms with Crippen molar-refractivity contribution in [3.63, 3.8) is 0 Å². The van der Waals surface area contributed by atoms with Crippen molar-refractivity contribution in [3.8, 4) is 0 Å². The maximum absolute atomic E-state index is 11.9. The first-order valence-electron chi connectivity index (χ1n) is 6.31. The molecule has 1 fully saturated rings. The molecule has 1 aromatic rings. The smallest absolute Gasteiger partial charge is 0.225 e. The zero-order valence-electron chi connectivity index (χ0n) is 10.9. The SMILES string of the molecule is CN(CC(C)(C)c1ccccc1)C(=O)C1CC1. The van der Waals surface area contributed by atoms with Gasteiger partial charge in [0.25, 0.3) is 0 Å². The van der Waals surface area contributed by atoms with E-state index in [1.54, 1.807) is 0 Å². The van der Waals surface area contributed by atoms with Gasteiger partial charge in [0.1, 0.15) is 0 Å². The van der Waals surface area contributed by atoms with E-state index in [0.717, 1.165) is 19.4 Å². The zero-order chi connectivity index (χ0) is 12.5. The summed E-state index contributed by atoms with van der Waals surface area (Å²) in [4.78, 5) is 13.8. The van der Waals surface area contributed by atoms with Gasteiger partial charge < -0.3 is 4.90 Å². The Hall–Kier alpha value is -1.31.